The van der Waals surface area contributed by atoms with Gasteiger partial charge in [0, 0.05) is 29.4 Å². The second-order valence-corrected chi connectivity index (χ2v) is 9.27. The minimum atomic E-state index is -0.980. The lowest BCUT2D eigenvalue weighted by molar-refractivity contribution is -0.134. The van der Waals surface area contributed by atoms with Crippen LogP contribution in [0.4, 0.5) is 24.7 Å². The van der Waals surface area contributed by atoms with Gasteiger partial charge in [-0.05, 0) is 72.6 Å². The van der Waals surface area contributed by atoms with Crippen LogP contribution in [0.2, 0.25) is 5.02 Å². The molecule has 0 fully saturated rings. The molecule has 1 unspecified atom stereocenters. The van der Waals surface area contributed by atoms with E-state index >= 15 is 0 Å². The molecule has 190 valence electrons. The van der Waals surface area contributed by atoms with Crippen LogP contribution in [0.25, 0.3) is 11.3 Å². The third-order valence-electron chi connectivity index (χ3n) is 6.27. The molecule has 0 spiro atoms. The molecule has 1 amide bonds. The van der Waals surface area contributed by atoms with E-state index in [0.717, 1.165) is 17.8 Å². The zero-order valence-corrected chi connectivity index (χ0v) is 20.4. The number of hydrogen-bond donors (Lipinski definition) is 2. The molecule has 5 rings (SSSR count). The Morgan fingerprint density at radius 2 is 1.73 bits per heavy atom. The number of carbonyl (C=O) groups excluding carboxylic acids is 1. The number of imidazole rings is 1. The molecule has 2 heterocycles. The summed E-state index contributed by atoms with van der Waals surface area (Å²) in [6.07, 6.45) is 0.0746. The van der Waals surface area contributed by atoms with Crippen molar-refractivity contribution in [1.29, 1.82) is 0 Å². The Labute approximate surface area is 216 Å². The van der Waals surface area contributed by atoms with Gasteiger partial charge in [0.25, 0.3) is 0 Å². The highest BCUT2D eigenvalue weighted by molar-refractivity contribution is 6.30. The van der Waals surface area contributed by atoms with Crippen molar-refractivity contribution in [3.05, 3.63) is 101 Å². The zero-order chi connectivity index (χ0) is 26.1. The van der Waals surface area contributed by atoms with Gasteiger partial charge in [0.2, 0.25) is 5.91 Å². The molecule has 0 bridgehead atoms. The van der Waals surface area contributed by atoms with Crippen LogP contribution in [-0.2, 0) is 24.3 Å². The van der Waals surface area contributed by atoms with Crippen LogP contribution >= 0.6 is 11.6 Å². The average molecular weight is 526 g/mol. The van der Waals surface area contributed by atoms with Gasteiger partial charge in [-0.1, -0.05) is 17.7 Å². The van der Waals surface area contributed by atoms with Gasteiger partial charge in [-0.25, -0.2) is 18.2 Å². The molecule has 3 aromatic carbocycles. The van der Waals surface area contributed by atoms with Crippen LogP contribution in [0.3, 0.4) is 0 Å². The SMILES string of the molecule is NC(Cc1ccc(F)c(F)c1)C(=O)N1CCn2c(nc(-c3ccc(F)cc3)c2Nc2ccc(Cl)cc2)C1. The highest BCUT2D eigenvalue weighted by Crippen LogP contribution is 2.33. The predicted octanol–water partition coefficient (Wildman–Crippen LogP) is 5.28. The minimum Gasteiger partial charge on any atom is -0.340 e. The van der Waals surface area contributed by atoms with E-state index in [1.807, 2.05) is 16.7 Å². The summed E-state index contributed by atoms with van der Waals surface area (Å²) >= 11 is 6.02. The quantitative estimate of drug-likeness (QED) is 0.359. The molecule has 0 radical (unpaired) electrons. The molecule has 1 aliphatic heterocycles. The van der Waals surface area contributed by atoms with Gasteiger partial charge in [0.05, 0.1) is 12.6 Å². The van der Waals surface area contributed by atoms with Crippen LogP contribution in [0.5, 0.6) is 0 Å². The molecular formula is C27H23ClF3N5O. The van der Waals surface area contributed by atoms with E-state index in [0.29, 0.717) is 46.6 Å². The minimum absolute atomic E-state index is 0.0746. The van der Waals surface area contributed by atoms with Crippen LogP contribution in [0, 0.1) is 17.5 Å². The molecule has 1 atom stereocenters. The van der Waals surface area contributed by atoms with E-state index in [9.17, 15) is 18.0 Å². The van der Waals surface area contributed by atoms with E-state index in [1.54, 1.807) is 29.2 Å². The Morgan fingerprint density at radius 1 is 1.00 bits per heavy atom. The molecule has 6 nitrogen and oxygen atoms in total. The summed E-state index contributed by atoms with van der Waals surface area (Å²) in [5, 5.41) is 3.99. The number of halogens is 4. The number of amides is 1. The molecule has 0 saturated heterocycles. The molecule has 4 aromatic rings. The number of nitrogens with two attached hydrogens (primary N) is 1. The van der Waals surface area contributed by atoms with Crippen LogP contribution < -0.4 is 11.1 Å². The number of hydrogen-bond acceptors (Lipinski definition) is 4. The Hall–Kier alpha value is -3.82. The largest absolute Gasteiger partial charge is 0.340 e. The number of aromatic nitrogens is 2. The second kappa shape index (κ2) is 10.3. The third kappa shape index (κ3) is 5.33. The van der Waals surface area contributed by atoms with Crippen molar-refractivity contribution in [3.8, 4) is 11.3 Å². The van der Waals surface area contributed by atoms with Crippen molar-refractivity contribution in [3.63, 3.8) is 0 Å². The van der Waals surface area contributed by atoms with E-state index in [4.69, 9.17) is 22.3 Å². The summed E-state index contributed by atoms with van der Waals surface area (Å²) in [4.78, 5) is 19.5. The monoisotopic (exact) mass is 525 g/mol. The van der Waals surface area contributed by atoms with Gasteiger partial charge in [-0.3, -0.25) is 4.79 Å². The number of nitrogens with one attached hydrogen (secondary N) is 1. The summed E-state index contributed by atoms with van der Waals surface area (Å²) in [5.41, 5.74) is 8.71. The first-order chi connectivity index (χ1) is 17.8. The molecule has 1 aliphatic rings. The number of nitrogens with zero attached hydrogens (tertiary/aromatic N) is 3. The van der Waals surface area contributed by atoms with Crippen molar-refractivity contribution < 1.29 is 18.0 Å². The van der Waals surface area contributed by atoms with Crippen molar-refractivity contribution >= 4 is 29.0 Å². The van der Waals surface area contributed by atoms with Crippen LogP contribution in [-0.4, -0.2) is 32.9 Å². The first kappa shape index (κ1) is 24.9. The highest BCUT2D eigenvalue weighted by atomic mass is 35.5. The molecule has 0 aliphatic carbocycles. The van der Waals surface area contributed by atoms with Crippen LogP contribution in [0.1, 0.15) is 11.4 Å². The lowest BCUT2D eigenvalue weighted by Gasteiger charge is -2.30. The number of benzene rings is 3. The maximum absolute atomic E-state index is 13.6. The number of anilines is 2. The molecule has 0 saturated carbocycles. The van der Waals surface area contributed by atoms with Crippen LogP contribution in [0.15, 0.2) is 66.7 Å². The predicted molar refractivity (Wildman–Crippen MR) is 136 cm³/mol. The fourth-order valence-corrected chi connectivity index (χ4v) is 4.49. The van der Waals surface area contributed by atoms with E-state index in [1.165, 1.54) is 18.2 Å². The van der Waals surface area contributed by atoms with Gasteiger partial charge in [-0.15, -0.1) is 0 Å². The summed E-state index contributed by atoms with van der Waals surface area (Å²) in [5.74, 6) is -1.25. The standard InChI is InChI=1S/C27H23ClF3N5O/c28-18-4-8-20(9-5-18)33-26-25(17-2-6-19(29)7-3-17)34-24-15-35(11-12-36(24)26)27(37)23(32)14-16-1-10-21(30)22(31)13-16/h1-10,13,23,33H,11-12,14-15,32H2. The molecular weight excluding hydrogens is 503 g/mol. The summed E-state index contributed by atoms with van der Waals surface area (Å²) in [6, 6.07) is 15.8. The molecule has 10 heteroatoms. The van der Waals surface area contributed by atoms with Crippen molar-refractivity contribution in [2.75, 3.05) is 11.9 Å². The van der Waals surface area contributed by atoms with E-state index in [2.05, 4.69) is 5.32 Å². The van der Waals surface area contributed by atoms with Gasteiger partial charge in [0.1, 0.15) is 23.2 Å². The molecule has 37 heavy (non-hydrogen) atoms. The topological polar surface area (TPSA) is 76.2 Å². The molecule has 3 N–H and O–H groups in total. The van der Waals surface area contributed by atoms with Crippen molar-refractivity contribution in [1.82, 2.24) is 14.5 Å². The number of carbonyl (C=O) groups is 1. The maximum Gasteiger partial charge on any atom is 0.240 e. The maximum atomic E-state index is 13.6. The highest BCUT2D eigenvalue weighted by Gasteiger charge is 2.29. The van der Waals surface area contributed by atoms with Gasteiger partial charge >= 0.3 is 0 Å². The summed E-state index contributed by atoms with van der Waals surface area (Å²) in [7, 11) is 0. The summed E-state index contributed by atoms with van der Waals surface area (Å²) < 4.78 is 42.4. The normalized spacial score (nSPS) is 13.8. The van der Waals surface area contributed by atoms with E-state index < -0.39 is 17.7 Å². The Kier molecular flexibility index (Phi) is 6.90. The third-order valence-corrected chi connectivity index (χ3v) is 6.52. The van der Waals surface area contributed by atoms with Crippen molar-refractivity contribution in [2.24, 2.45) is 5.73 Å². The smallest absolute Gasteiger partial charge is 0.240 e. The first-order valence-corrected chi connectivity index (χ1v) is 12.0. The zero-order valence-electron chi connectivity index (χ0n) is 19.6. The van der Waals surface area contributed by atoms with Gasteiger partial charge in [0.15, 0.2) is 11.6 Å². The Balaban J connectivity index is 1.40. The lowest BCUT2D eigenvalue weighted by Crippen LogP contribution is -2.47. The number of fused-ring (bicyclic) bond motifs is 1. The fourth-order valence-electron chi connectivity index (χ4n) is 4.37. The second-order valence-electron chi connectivity index (χ2n) is 8.83. The first-order valence-electron chi connectivity index (χ1n) is 11.6. The molecule has 1 aromatic heterocycles. The average Bonchev–Trinajstić information content (AvgIpc) is 3.25. The van der Waals surface area contributed by atoms with E-state index in [-0.39, 0.29) is 24.7 Å². The van der Waals surface area contributed by atoms with Crippen molar-refractivity contribution in [2.45, 2.75) is 25.6 Å². The number of rotatable bonds is 6. The Morgan fingerprint density at radius 3 is 2.43 bits per heavy atom. The van der Waals surface area contributed by atoms with Gasteiger partial charge < -0.3 is 20.5 Å². The lowest BCUT2D eigenvalue weighted by atomic mass is 10.0. The fraction of sp³-hybridized carbons (Fsp3) is 0.185. The Bertz CT molecular complexity index is 1440. The summed E-state index contributed by atoms with van der Waals surface area (Å²) in [6.45, 7) is 1.04. The van der Waals surface area contributed by atoms with Gasteiger partial charge in [-0.2, -0.15) is 0 Å².